The first-order chi connectivity index (χ1) is 10.5. The van der Waals surface area contributed by atoms with Crippen LogP contribution in [-0.4, -0.2) is 0 Å². The van der Waals surface area contributed by atoms with Gasteiger partial charge in [0.25, 0.3) is 0 Å². The Labute approximate surface area is 136 Å². The Balaban J connectivity index is 1.75. The molecule has 5 unspecified atom stereocenters. The molecule has 0 spiro atoms. The zero-order valence-electron chi connectivity index (χ0n) is 14.9. The Hall–Kier alpha value is -0.780. The Morgan fingerprint density at radius 1 is 1.05 bits per heavy atom. The SMILES string of the molecule is CCC1CCC2C3CCc4cc(C)ccc4C3(C)CCC12C. The van der Waals surface area contributed by atoms with Crippen LogP contribution in [0, 0.1) is 30.1 Å². The summed E-state index contributed by atoms with van der Waals surface area (Å²) in [6, 6.07) is 7.30. The average molecular weight is 296 g/mol. The van der Waals surface area contributed by atoms with Gasteiger partial charge in [-0.2, -0.15) is 0 Å². The molecule has 0 amide bonds. The van der Waals surface area contributed by atoms with Gasteiger partial charge >= 0.3 is 0 Å². The molecule has 0 aromatic heterocycles. The zero-order chi connectivity index (χ0) is 15.5. The van der Waals surface area contributed by atoms with Gasteiger partial charge < -0.3 is 0 Å². The molecule has 22 heavy (non-hydrogen) atoms. The summed E-state index contributed by atoms with van der Waals surface area (Å²) in [5, 5.41) is 0. The van der Waals surface area contributed by atoms with Crippen LogP contribution in [0.15, 0.2) is 18.2 Å². The van der Waals surface area contributed by atoms with Crippen molar-refractivity contribution in [2.75, 3.05) is 0 Å². The summed E-state index contributed by atoms with van der Waals surface area (Å²) in [5.41, 5.74) is 5.90. The maximum Gasteiger partial charge on any atom is -0.00411 e. The first-order valence-corrected chi connectivity index (χ1v) is 9.59. The van der Waals surface area contributed by atoms with Crippen molar-refractivity contribution in [1.29, 1.82) is 0 Å². The molecule has 120 valence electrons. The van der Waals surface area contributed by atoms with Crippen LogP contribution in [0.2, 0.25) is 0 Å². The lowest BCUT2D eigenvalue weighted by Crippen LogP contribution is -2.50. The van der Waals surface area contributed by atoms with Gasteiger partial charge in [-0.05, 0) is 85.2 Å². The Morgan fingerprint density at radius 2 is 1.86 bits per heavy atom. The molecule has 1 aromatic rings. The molecule has 0 heterocycles. The minimum Gasteiger partial charge on any atom is -0.0651 e. The summed E-state index contributed by atoms with van der Waals surface area (Å²) < 4.78 is 0. The molecule has 0 radical (unpaired) electrons. The smallest absolute Gasteiger partial charge is 0.00411 e. The highest BCUT2D eigenvalue weighted by molar-refractivity contribution is 5.41. The first kappa shape index (κ1) is 14.8. The van der Waals surface area contributed by atoms with Crippen LogP contribution in [0.25, 0.3) is 0 Å². The second-order valence-corrected chi connectivity index (χ2v) is 9.02. The maximum atomic E-state index is 2.64. The third kappa shape index (κ3) is 1.82. The van der Waals surface area contributed by atoms with Crippen molar-refractivity contribution in [2.24, 2.45) is 23.2 Å². The standard InChI is InChI=1S/C22H32/c1-5-17-8-11-19-20-10-7-16-14-15(2)6-9-18(16)22(20,4)13-12-21(17,19)3/h6,9,14,17,19-20H,5,7-8,10-13H2,1-4H3. The summed E-state index contributed by atoms with van der Waals surface area (Å²) in [6.07, 6.45) is 10.0. The molecule has 0 bridgehead atoms. The minimum absolute atomic E-state index is 0.452. The molecule has 0 saturated heterocycles. The second-order valence-electron chi connectivity index (χ2n) is 9.02. The third-order valence-electron chi connectivity index (χ3n) is 8.19. The Kier molecular flexibility index (Phi) is 3.26. The van der Waals surface area contributed by atoms with Crippen molar-refractivity contribution in [3.8, 4) is 0 Å². The van der Waals surface area contributed by atoms with Gasteiger partial charge in [0.15, 0.2) is 0 Å². The average Bonchev–Trinajstić information content (AvgIpc) is 2.83. The normalized spacial score (nSPS) is 43.4. The highest BCUT2D eigenvalue weighted by Gasteiger charge is 2.57. The van der Waals surface area contributed by atoms with E-state index in [1.807, 2.05) is 0 Å². The summed E-state index contributed by atoms with van der Waals surface area (Å²) in [6.45, 7) is 9.91. The molecule has 3 aliphatic carbocycles. The van der Waals surface area contributed by atoms with Gasteiger partial charge in [-0.25, -0.2) is 0 Å². The van der Waals surface area contributed by atoms with Gasteiger partial charge in [0.05, 0.1) is 0 Å². The Morgan fingerprint density at radius 3 is 2.64 bits per heavy atom. The second kappa shape index (κ2) is 4.86. The minimum atomic E-state index is 0.452. The maximum absolute atomic E-state index is 2.64. The largest absolute Gasteiger partial charge is 0.0651 e. The molecule has 2 fully saturated rings. The van der Waals surface area contributed by atoms with Crippen LogP contribution < -0.4 is 0 Å². The number of aryl methyl sites for hydroxylation is 2. The molecule has 3 aliphatic rings. The van der Waals surface area contributed by atoms with E-state index < -0.39 is 0 Å². The van der Waals surface area contributed by atoms with Gasteiger partial charge in [-0.1, -0.05) is 51.0 Å². The number of fused-ring (bicyclic) bond motifs is 5. The predicted molar refractivity (Wildman–Crippen MR) is 94.2 cm³/mol. The van der Waals surface area contributed by atoms with E-state index in [0.717, 1.165) is 17.8 Å². The molecular formula is C22H32. The van der Waals surface area contributed by atoms with Crippen LogP contribution in [-0.2, 0) is 11.8 Å². The van der Waals surface area contributed by atoms with Crippen LogP contribution in [0.5, 0.6) is 0 Å². The van der Waals surface area contributed by atoms with Gasteiger partial charge in [-0.15, -0.1) is 0 Å². The molecule has 0 aliphatic heterocycles. The van der Waals surface area contributed by atoms with Gasteiger partial charge in [0.2, 0.25) is 0 Å². The van der Waals surface area contributed by atoms with Crippen LogP contribution in [0.3, 0.4) is 0 Å². The van der Waals surface area contributed by atoms with E-state index in [1.165, 1.54) is 50.5 Å². The molecule has 0 heteroatoms. The van der Waals surface area contributed by atoms with E-state index in [-0.39, 0.29) is 0 Å². The summed E-state index contributed by atoms with van der Waals surface area (Å²) in [4.78, 5) is 0. The van der Waals surface area contributed by atoms with E-state index in [9.17, 15) is 0 Å². The third-order valence-corrected chi connectivity index (χ3v) is 8.19. The van der Waals surface area contributed by atoms with Crippen molar-refractivity contribution in [3.05, 3.63) is 34.9 Å². The van der Waals surface area contributed by atoms with Crippen LogP contribution in [0.4, 0.5) is 0 Å². The highest BCUT2D eigenvalue weighted by Crippen LogP contribution is 2.65. The number of hydrogen-bond donors (Lipinski definition) is 0. The lowest BCUT2D eigenvalue weighted by atomic mass is 9.48. The van der Waals surface area contributed by atoms with Gasteiger partial charge in [0, 0.05) is 0 Å². The highest BCUT2D eigenvalue weighted by atomic mass is 14.6. The van der Waals surface area contributed by atoms with Crippen LogP contribution >= 0.6 is 0 Å². The number of benzene rings is 1. The summed E-state index contributed by atoms with van der Waals surface area (Å²) >= 11 is 0. The number of rotatable bonds is 1. The van der Waals surface area contributed by atoms with Crippen molar-refractivity contribution < 1.29 is 0 Å². The Bertz CT molecular complexity index is 586. The zero-order valence-corrected chi connectivity index (χ0v) is 14.9. The quantitative estimate of drug-likeness (QED) is 0.591. The van der Waals surface area contributed by atoms with E-state index in [0.29, 0.717) is 10.8 Å². The fourth-order valence-corrected chi connectivity index (χ4v) is 6.87. The predicted octanol–water partition coefficient (Wildman–Crippen LogP) is 6.05. The number of hydrogen-bond acceptors (Lipinski definition) is 0. The molecule has 2 saturated carbocycles. The lowest BCUT2D eigenvalue weighted by molar-refractivity contribution is -0.0103. The molecule has 4 rings (SSSR count). The van der Waals surface area contributed by atoms with Crippen molar-refractivity contribution in [2.45, 2.75) is 78.1 Å². The molecule has 0 N–H and O–H groups in total. The van der Waals surface area contributed by atoms with Gasteiger partial charge in [-0.3, -0.25) is 0 Å². The fraction of sp³-hybridized carbons (Fsp3) is 0.727. The van der Waals surface area contributed by atoms with Crippen molar-refractivity contribution in [1.82, 2.24) is 0 Å². The fourth-order valence-electron chi connectivity index (χ4n) is 6.87. The van der Waals surface area contributed by atoms with E-state index in [4.69, 9.17) is 0 Å². The summed E-state index contributed by atoms with van der Waals surface area (Å²) in [7, 11) is 0. The molecular weight excluding hydrogens is 264 g/mol. The lowest BCUT2D eigenvalue weighted by Gasteiger charge is -2.56. The van der Waals surface area contributed by atoms with E-state index in [2.05, 4.69) is 45.9 Å². The van der Waals surface area contributed by atoms with Crippen molar-refractivity contribution >= 4 is 0 Å². The van der Waals surface area contributed by atoms with E-state index in [1.54, 1.807) is 11.1 Å². The summed E-state index contributed by atoms with van der Waals surface area (Å²) in [5.74, 6) is 2.89. The molecule has 5 atom stereocenters. The first-order valence-electron chi connectivity index (χ1n) is 9.59. The van der Waals surface area contributed by atoms with Crippen LogP contribution in [0.1, 0.15) is 76.0 Å². The van der Waals surface area contributed by atoms with E-state index >= 15 is 0 Å². The molecule has 0 nitrogen and oxygen atoms in total. The van der Waals surface area contributed by atoms with Gasteiger partial charge in [0.1, 0.15) is 0 Å². The monoisotopic (exact) mass is 296 g/mol. The topological polar surface area (TPSA) is 0 Å². The van der Waals surface area contributed by atoms with Crippen molar-refractivity contribution in [3.63, 3.8) is 0 Å². The molecule has 1 aromatic carbocycles.